The van der Waals surface area contributed by atoms with Crippen molar-refractivity contribution in [3.63, 3.8) is 0 Å². The van der Waals surface area contributed by atoms with Crippen molar-refractivity contribution in [2.75, 3.05) is 11.9 Å². The molecule has 37 heavy (non-hydrogen) atoms. The number of aromatic nitrogens is 1. The first kappa shape index (κ1) is 25.0. The van der Waals surface area contributed by atoms with Crippen LogP contribution in [0.4, 0.5) is 5.69 Å². The van der Waals surface area contributed by atoms with E-state index in [0.717, 1.165) is 17.5 Å². The second kappa shape index (κ2) is 11.2. The smallest absolute Gasteiger partial charge is 0.275 e. The average Bonchev–Trinajstić information content (AvgIpc) is 3.40. The molecule has 8 heteroatoms. The Morgan fingerprint density at radius 1 is 1.11 bits per heavy atom. The van der Waals surface area contributed by atoms with Crippen molar-refractivity contribution < 1.29 is 14.3 Å². The standard InChI is InChI=1S/C29H26ClN3O3S/c1-2-27(34)33-14-13-19-11-12-23(16-24(19)28(33)20-7-4-3-5-8-20)36-17-26-32-25(18-37-26)29(35)31-22-10-6-9-21(30)15-22/h3-12,15-16,18,28H,2,13-14,17H2,1H3,(H,31,35). The van der Waals surface area contributed by atoms with Crippen molar-refractivity contribution in [1.82, 2.24) is 9.88 Å². The summed E-state index contributed by atoms with van der Waals surface area (Å²) < 4.78 is 6.09. The lowest BCUT2D eigenvalue weighted by Gasteiger charge is -2.38. The van der Waals surface area contributed by atoms with Crippen LogP contribution in [-0.2, 0) is 17.8 Å². The first-order valence-electron chi connectivity index (χ1n) is 12.1. The summed E-state index contributed by atoms with van der Waals surface area (Å²) in [6.45, 7) is 2.83. The molecular formula is C29H26ClN3O3S. The monoisotopic (exact) mass is 531 g/mol. The molecule has 1 N–H and O–H groups in total. The summed E-state index contributed by atoms with van der Waals surface area (Å²) >= 11 is 7.36. The number of ether oxygens (including phenoxy) is 1. The fourth-order valence-electron chi connectivity index (χ4n) is 4.54. The zero-order valence-electron chi connectivity index (χ0n) is 20.3. The summed E-state index contributed by atoms with van der Waals surface area (Å²) in [7, 11) is 0. The van der Waals surface area contributed by atoms with Gasteiger partial charge in [0.2, 0.25) is 5.91 Å². The van der Waals surface area contributed by atoms with Crippen LogP contribution in [0.3, 0.4) is 0 Å². The highest BCUT2D eigenvalue weighted by Crippen LogP contribution is 2.37. The molecule has 1 aliphatic rings. The van der Waals surface area contributed by atoms with E-state index in [-0.39, 0.29) is 24.5 Å². The van der Waals surface area contributed by atoms with Gasteiger partial charge in [-0.15, -0.1) is 11.3 Å². The lowest BCUT2D eigenvalue weighted by Crippen LogP contribution is -2.40. The first-order chi connectivity index (χ1) is 18.0. The van der Waals surface area contributed by atoms with E-state index in [2.05, 4.69) is 28.5 Å². The maximum Gasteiger partial charge on any atom is 0.275 e. The van der Waals surface area contributed by atoms with Crippen LogP contribution >= 0.6 is 22.9 Å². The molecule has 5 rings (SSSR count). The van der Waals surface area contributed by atoms with Gasteiger partial charge in [-0.2, -0.15) is 0 Å². The molecule has 1 atom stereocenters. The normalized spacial score (nSPS) is 14.6. The van der Waals surface area contributed by atoms with E-state index >= 15 is 0 Å². The number of anilines is 1. The van der Waals surface area contributed by atoms with E-state index in [1.807, 2.05) is 42.2 Å². The molecule has 0 radical (unpaired) electrons. The number of hydrogen-bond acceptors (Lipinski definition) is 5. The highest BCUT2D eigenvalue weighted by atomic mass is 35.5. The number of halogens is 1. The number of fused-ring (bicyclic) bond motifs is 1. The fraction of sp³-hybridized carbons (Fsp3) is 0.207. The molecule has 0 spiro atoms. The Morgan fingerprint density at radius 3 is 2.73 bits per heavy atom. The van der Waals surface area contributed by atoms with Gasteiger partial charge >= 0.3 is 0 Å². The zero-order chi connectivity index (χ0) is 25.8. The van der Waals surface area contributed by atoms with Crippen LogP contribution in [0.5, 0.6) is 5.75 Å². The molecule has 0 aliphatic carbocycles. The molecule has 2 heterocycles. The van der Waals surface area contributed by atoms with Crippen LogP contribution in [0.25, 0.3) is 0 Å². The third kappa shape index (κ3) is 5.68. The highest BCUT2D eigenvalue weighted by Gasteiger charge is 2.31. The quantitative estimate of drug-likeness (QED) is 0.295. The fourth-order valence-corrected chi connectivity index (χ4v) is 5.41. The molecule has 0 saturated carbocycles. The number of rotatable bonds is 7. The summed E-state index contributed by atoms with van der Waals surface area (Å²) in [5, 5.41) is 5.76. The van der Waals surface area contributed by atoms with E-state index in [0.29, 0.717) is 40.1 Å². The van der Waals surface area contributed by atoms with E-state index < -0.39 is 0 Å². The molecule has 1 aliphatic heterocycles. The molecule has 0 bridgehead atoms. The van der Waals surface area contributed by atoms with E-state index in [9.17, 15) is 9.59 Å². The number of hydrogen-bond donors (Lipinski definition) is 1. The summed E-state index contributed by atoms with van der Waals surface area (Å²) in [6, 6.07) is 23.0. The summed E-state index contributed by atoms with van der Waals surface area (Å²) in [4.78, 5) is 31.8. The number of nitrogens with one attached hydrogen (secondary N) is 1. The zero-order valence-corrected chi connectivity index (χ0v) is 21.9. The summed E-state index contributed by atoms with van der Waals surface area (Å²) in [5.41, 5.74) is 4.32. The lowest BCUT2D eigenvalue weighted by molar-refractivity contribution is -0.132. The van der Waals surface area contributed by atoms with Crippen LogP contribution in [0.15, 0.2) is 78.2 Å². The van der Waals surface area contributed by atoms with Gasteiger partial charge in [-0.05, 0) is 53.4 Å². The molecule has 4 aromatic rings. The third-order valence-electron chi connectivity index (χ3n) is 6.31. The summed E-state index contributed by atoms with van der Waals surface area (Å²) in [5.74, 6) is 0.535. The second-order valence-corrected chi connectivity index (χ2v) is 10.1. The molecule has 1 aromatic heterocycles. The minimum absolute atomic E-state index is 0.136. The molecule has 3 aromatic carbocycles. The number of amides is 2. The predicted molar refractivity (Wildman–Crippen MR) is 146 cm³/mol. The minimum Gasteiger partial charge on any atom is -0.486 e. The first-order valence-corrected chi connectivity index (χ1v) is 13.4. The molecule has 6 nitrogen and oxygen atoms in total. The van der Waals surface area contributed by atoms with E-state index in [1.165, 1.54) is 16.9 Å². The Kier molecular flexibility index (Phi) is 7.53. The van der Waals surface area contributed by atoms with Gasteiger partial charge < -0.3 is 15.0 Å². The van der Waals surface area contributed by atoms with Gasteiger partial charge in [0.25, 0.3) is 5.91 Å². The van der Waals surface area contributed by atoms with Crippen molar-refractivity contribution in [1.29, 1.82) is 0 Å². The Balaban J connectivity index is 1.32. The van der Waals surface area contributed by atoms with Crippen LogP contribution in [0.1, 0.15) is 51.6 Å². The third-order valence-corrected chi connectivity index (χ3v) is 7.37. The molecule has 188 valence electrons. The Bertz CT molecular complexity index is 1420. The number of carbonyl (C=O) groups excluding carboxylic acids is 2. The van der Waals surface area contributed by atoms with Gasteiger partial charge in [-0.1, -0.05) is 61.0 Å². The van der Waals surface area contributed by atoms with Gasteiger partial charge in [0.1, 0.15) is 23.1 Å². The van der Waals surface area contributed by atoms with Gasteiger partial charge in [0.15, 0.2) is 0 Å². The number of carbonyl (C=O) groups is 2. The average molecular weight is 532 g/mol. The Labute approximate surface area is 224 Å². The minimum atomic E-state index is -0.301. The number of benzene rings is 3. The maximum atomic E-state index is 12.8. The Hall–Kier alpha value is -3.68. The van der Waals surface area contributed by atoms with Crippen LogP contribution in [0, 0.1) is 0 Å². The number of nitrogens with zero attached hydrogens (tertiary/aromatic N) is 2. The largest absolute Gasteiger partial charge is 0.486 e. The molecule has 1 unspecified atom stereocenters. The van der Waals surface area contributed by atoms with Gasteiger partial charge in [0.05, 0.1) is 6.04 Å². The van der Waals surface area contributed by atoms with Crippen LogP contribution in [0.2, 0.25) is 5.02 Å². The van der Waals surface area contributed by atoms with E-state index in [4.69, 9.17) is 16.3 Å². The van der Waals surface area contributed by atoms with Crippen molar-refractivity contribution in [2.45, 2.75) is 32.4 Å². The maximum absolute atomic E-state index is 12.8. The summed E-state index contributed by atoms with van der Waals surface area (Å²) in [6.07, 6.45) is 1.27. The highest BCUT2D eigenvalue weighted by molar-refractivity contribution is 7.09. The van der Waals surface area contributed by atoms with Crippen molar-refractivity contribution in [3.05, 3.63) is 111 Å². The molecule has 2 amide bonds. The van der Waals surface area contributed by atoms with Gasteiger partial charge in [0, 0.05) is 29.1 Å². The molecular weight excluding hydrogens is 506 g/mol. The van der Waals surface area contributed by atoms with Crippen molar-refractivity contribution >= 4 is 40.4 Å². The Morgan fingerprint density at radius 2 is 1.95 bits per heavy atom. The van der Waals surface area contributed by atoms with Gasteiger partial charge in [-0.3, -0.25) is 9.59 Å². The van der Waals surface area contributed by atoms with Crippen molar-refractivity contribution in [3.8, 4) is 5.75 Å². The van der Waals surface area contributed by atoms with Crippen molar-refractivity contribution in [2.24, 2.45) is 0 Å². The lowest BCUT2D eigenvalue weighted by atomic mass is 9.87. The van der Waals surface area contributed by atoms with Crippen LogP contribution < -0.4 is 10.1 Å². The molecule has 0 fully saturated rings. The van der Waals surface area contributed by atoms with E-state index in [1.54, 1.807) is 29.6 Å². The molecule has 0 saturated heterocycles. The number of thiazole rings is 1. The predicted octanol–water partition coefficient (Wildman–Crippen LogP) is 6.51. The second-order valence-electron chi connectivity index (χ2n) is 8.74. The topological polar surface area (TPSA) is 71.5 Å². The van der Waals surface area contributed by atoms with Gasteiger partial charge in [-0.25, -0.2) is 4.98 Å². The van der Waals surface area contributed by atoms with Crippen LogP contribution in [-0.4, -0.2) is 28.2 Å². The SMILES string of the molecule is CCC(=O)N1CCc2ccc(OCc3nc(C(=O)Nc4cccc(Cl)c4)cs3)cc2C1c1ccccc1.